The highest BCUT2D eigenvalue weighted by molar-refractivity contribution is 8.15. The zero-order valence-electron chi connectivity index (χ0n) is 4.25. The first-order valence-corrected chi connectivity index (χ1v) is 3.72. The number of aromatic amines is 1. The molecule has 3 nitrogen and oxygen atoms in total. The minimum atomic E-state index is 0. The van der Waals surface area contributed by atoms with E-state index in [0.717, 1.165) is 5.03 Å². The smallest absolute Gasteiger partial charge is 0.121 e. The molecule has 0 radical (unpaired) electrons. The number of hydrogen-bond donors (Lipinski definition) is 2. The molecule has 0 unspecified atom stereocenters. The molecule has 1 aliphatic rings. The molecule has 1 aromatic rings. The summed E-state index contributed by atoms with van der Waals surface area (Å²) in [5.74, 6) is 0. The van der Waals surface area contributed by atoms with Crippen LogP contribution in [0.3, 0.4) is 0 Å². The molecule has 1 aromatic heterocycles. The summed E-state index contributed by atoms with van der Waals surface area (Å²) in [6.45, 7) is 0. The molecule has 2 N–H and O–H groups in total. The topological polar surface area (TPSA) is 40.7 Å². The number of halogens is 1. The molecule has 2 heterocycles. The van der Waals surface area contributed by atoms with Gasteiger partial charge in [0.15, 0.2) is 0 Å². The molecule has 0 atom stereocenters. The molecule has 0 bridgehead atoms. The van der Waals surface area contributed by atoms with E-state index in [1.807, 2.05) is 6.20 Å². The lowest BCUT2D eigenvalue weighted by Gasteiger charge is -1.80. The van der Waals surface area contributed by atoms with E-state index in [-0.39, 0.29) is 12.4 Å². The number of nitrogens with zero attached hydrogens (tertiary/aromatic N) is 1. The Bertz CT molecular complexity index is 182. The van der Waals surface area contributed by atoms with E-state index in [1.54, 1.807) is 23.9 Å². The summed E-state index contributed by atoms with van der Waals surface area (Å²) >= 11 is 3.16. The Balaban J connectivity index is 0.000000405. The van der Waals surface area contributed by atoms with Gasteiger partial charge in [-0.15, -0.1) is 12.4 Å². The monoisotopic (exact) mass is 181 g/mol. The van der Waals surface area contributed by atoms with Crippen LogP contribution in [-0.4, -0.2) is 10.2 Å². The Morgan fingerprint density at radius 1 is 1.44 bits per heavy atom. The van der Waals surface area contributed by atoms with Crippen molar-refractivity contribution < 1.29 is 0 Å². The van der Waals surface area contributed by atoms with E-state index >= 15 is 0 Å². The molecular weight excluding hydrogens is 178 g/mol. The van der Waals surface area contributed by atoms with Crippen molar-refractivity contribution in [2.75, 3.05) is 0 Å². The zero-order valence-corrected chi connectivity index (χ0v) is 6.70. The van der Waals surface area contributed by atoms with Gasteiger partial charge in [0, 0.05) is 0 Å². The van der Waals surface area contributed by atoms with Gasteiger partial charge in [0.05, 0.1) is 11.1 Å². The summed E-state index contributed by atoms with van der Waals surface area (Å²) in [5.41, 5.74) is 0. The summed E-state index contributed by atoms with van der Waals surface area (Å²) in [6, 6.07) is 0. The first-order valence-electron chi connectivity index (χ1n) is 2.09. The summed E-state index contributed by atoms with van der Waals surface area (Å²) in [6.07, 6.45) is 1.81. The van der Waals surface area contributed by atoms with Crippen LogP contribution < -0.4 is 4.13 Å². The Morgan fingerprint density at radius 3 is 3.11 bits per heavy atom. The van der Waals surface area contributed by atoms with Gasteiger partial charge in [-0.1, -0.05) is 0 Å². The van der Waals surface area contributed by atoms with Crippen molar-refractivity contribution >= 4 is 36.3 Å². The van der Waals surface area contributed by atoms with Gasteiger partial charge in [-0.05, 0) is 23.9 Å². The molecular formula is C3H4ClN3S2. The van der Waals surface area contributed by atoms with Crippen LogP contribution in [0.2, 0.25) is 0 Å². The fraction of sp³-hybridized carbons (Fsp3) is 0. The zero-order chi connectivity index (χ0) is 5.40. The Labute approximate surface area is 67.0 Å². The van der Waals surface area contributed by atoms with E-state index in [0.29, 0.717) is 0 Å². The van der Waals surface area contributed by atoms with Crippen molar-refractivity contribution in [3.63, 3.8) is 0 Å². The van der Waals surface area contributed by atoms with Crippen LogP contribution in [0.5, 0.6) is 0 Å². The first-order chi connectivity index (χ1) is 3.97. The highest BCUT2D eigenvalue weighted by Gasteiger charge is 2.12. The number of nitrogens with one attached hydrogen (secondary N) is 2. The molecule has 50 valence electrons. The van der Waals surface area contributed by atoms with Gasteiger partial charge < -0.3 is 0 Å². The second-order valence-corrected chi connectivity index (χ2v) is 3.27. The number of aromatic nitrogens is 2. The van der Waals surface area contributed by atoms with Crippen molar-refractivity contribution in [1.82, 2.24) is 14.3 Å². The average molecular weight is 182 g/mol. The molecule has 0 fully saturated rings. The molecule has 0 aliphatic carbocycles. The van der Waals surface area contributed by atoms with Crippen LogP contribution in [0.4, 0.5) is 0 Å². The third kappa shape index (κ3) is 1.19. The molecule has 0 amide bonds. The Kier molecular flexibility index (Phi) is 2.29. The fourth-order valence-corrected chi connectivity index (χ4v) is 2.12. The summed E-state index contributed by atoms with van der Waals surface area (Å²) in [4.78, 5) is 1.19. The molecule has 0 aromatic carbocycles. The molecule has 0 saturated carbocycles. The lowest BCUT2D eigenvalue weighted by atomic mass is 10.7. The predicted octanol–water partition coefficient (Wildman–Crippen LogP) is 1.45. The molecule has 0 spiro atoms. The van der Waals surface area contributed by atoms with Gasteiger partial charge in [-0.25, -0.2) is 0 Å². The number of rotatable bonds is 0. The maximum atomic E-state index is 3.84. The van der Waals surface area contributed by atoms with Crippen LogP contribution in [-0.2, 0) is 0 Å². The van der Waals surface area contributed by atoms with Crippen LogP contribution >= 0.6 is 36.3 Å². The van der Waals surface area contributed by atoms with Crippen LogP contribution in [0.1, 0.15) is 0 Å². The lowest BCUT2D eigenvalue weighted by Crippen LogP contribution is -1.77. The maximum Gasteiger partial charge on any atom is 0.121 e. The first kappa shape index (κ1) is 7.27. The van der Waals surface area contributed by atoms with E-state index in [2.05, 4.69) is 14.3 Å². The minimum Gasteiger partial charge on any atom is -0.269 e. The molecule has 9 heavy (non-hydrogen) atoms. The number of H-pyrrole nitrogens is 1. The Hall–Kier alpha value is 0.160. The van der Waals surface area contributed by atoms with Crippen molar-refractivity contribution in [2.45, 2.75) is 9.92 Å². The fourth-order valence-electron chi connectivity index (χ4n) is 0.516. The van der Waals surface area contributed by atoms with Gasteiger partial charge in [-0.2, -0.15) is 9.23 Å². The SMILES string of the molecule is Cl.c1n[nH]c2c1SNS2. The van der Waals surface area contributed by atoms with Crippen LogP contribution in [0.15, 0.2) is 16.1 Å². The minimum absolute atomic E-state index is 0. The molecule has 2 rings (SSSR count). The van der Waals surface area contributed by atoms with E-state index < -0.39 is 0 Å². The van der Waals surface area contributed by atoms with Gasteiger partial charge in [0.25, 0.3) is 0 Å². The van der Waals surface area contributed by atoms with Gasteiger partial charge in [-0.3, -0.25) is 5.10 Å². The van der Waals surface area contributed by atoms with E-state index in [4.69, 9.17) is 0 Å². The second-order valence-electron chi connectivity index (χ2n) is 1.35. The largest absolute Gasteiger partial charge is 0.269 e. The third-order valence-electron chi connectivity index (χ3n) is 0.867. The summed E-state index contributed by atoms with van der Waals surface area (Å²) in [7, 11) is 0. The quantitative estimate of drug-likeness (QED) is 0.595. The molecule has 0 saturated heterocycles. The van der Waals surface area contributed by atoms with Gasteiger partial charge in [0.2, 0.25) is 0 Å². The van der Waals surface area contributed by atoms with Crippen LogP contribution in [0.25, 0.3) is 0 Å². The number of hydrogen-bond acceptors (Lipinski definition) is 4. The van der Waals surface area contributed by atoms with Crippen molar-refractivity contribution in [2.24, 2.45) is 0 Å². The standard InChI is InChI=1S/C3H3N3S2.ClH/c1-2-3(5-4-1)8-6-7-2;/h1,6H,(H,4,5);1H. The Morgan fingerprint density at radius 2 is 2.33 bits per heavy atom. The highest BCUT2D eigenvalue weighted by atomic mass is 35.5. The average Bonchev–Trinajstić information content (AvgIpc) is 2.15. The predicted molar refractivity (Wildman–Crippen MR) is 40.7 cm³/mol. The highest BCUT2D eigenvalue weighted by Crippen LogP contribution is 2.34. The van der Waals surface area contributed by atoms with Crippen molar-refractivity contribution in [3.05, 3.63) is 6.20 Å². The van der Waals surface area contributed by atoms with E-state index in [9.17, 15) is 0 Å². The van der Waals surface area contributed by atoms with Crippen molar-refractivity contribution in [3.8, 4) is 0 Å². The van der Waals surface area contributed by atoms with Crippen LogP contribution in [0, 0.1) is 0 Å². The molecule has 6 heteroatoms. The van der Waals surface area contributed by atoms with Gasteiger partial charge in [0.1, 0.15) is 5.03 Å². The van der Waals surface area contributed by atoms with Crippen molar-refractivity contribution in [1.29, 1.82) is 0 Å². The maximum absolute atomic E-state index is 3.84. The number of fused-ring (bicyclic) bond motifs is 1. The second kappa shape index (κ2) is 2.83. The van der Waals surface area contributed by atoms with Gasteiger partial charge >= 0.3 is 0 Å². The summed E-state index contributed by atoms with van der Waals surface area (Å²) < 4.78 is 3.03. The third-order valence-corrected chi connectivity index (χ3v) is 2.71. The van der Waals surface area contributed by atoms with E-state index in [1.165, 1.54) is 4.90 Å². The normalized spacial score (nSPS) is 14.7. The summed E-state index contributed by atoms with van der Waals surface area (Å²) in [5, 5.41) is 7.80. The lowest BCUT2D eigenvalue weighted by molar-refractivity contribution is 0.994. The molecule has 1 aliphatic heterocycles.